The first kappa shape index (κ1) is 20.6. The minimum atomic E-state index is -0.198. The molecule has 6 nitrogen and oxygen atoms in total. The number of hydrogen-bond donors (Lipinski definition) is 1. The Hall–Kier alpha value is -1.70. The predicted octanol–water partition coefficient (Wildman–Crippen LogP) is 2.66. The number of piperazine rings is 1. The Bertz CT molecular complexity index is 672. The SMILES string of the molecule is CNC(C)Cc1noc(C(C)N2CCN(c3ccc(F)cc3)CC2)n1.Cl. The van der Waals surface area contributed by atoms with Crippen molar-refractivity contribution in [2.24, 2.45) is 0 Å². The Labute approximate surface area is 160 Å². The molecule has 1 N–H and O–H groups in total. The van der Waals surface area contributed by atoms with Gasteiger partial charge in [0.1, 0.15) is 5.82 Å². The van der Waals surface area contributed by atoms with Crippen LogP contribution in [0.4, 0.5) is 10.1 Å². The summed E-state index contributed by atoms with van der Waals surface area (Å²) in [7, 11) is 1.93. The fraction of sp³-hybridized carbons (Fsp3) is 0.556. The first-order valence-electron chi connectivity index (χ1n) is 8.81. The lowest BCUT2D eigenvalue weighted by Gasteiger charge is -2.38. The van der Waals surface area contributed by atoms with Crippen LogP contribution in [0, 0.1) is 5.82 Å². The van der Waals surface area contributed by atoms with Crippen LogP contribution in [0.25, 0.3) is 0 Å². The Morgan fingerprint density at radius 1 is 1.15 bits per heavy atom. The molecule has 2 heterocycles. The number of nitrogens with one attached hydrogen (secondary N) is 1. The summed E-state index contributed by atoms with van der Waals surface area (Å²) in [5, 5.41) is 7.27. The average Bonchev–Trinajstić information content (AvgIpc) is 3.10. The first-order chi connectivity index (χ1) is 12.1. The zero-order valence-electron chi connectivity index (χ0n) is 15.5. The second kappa shape index (κ2) is 9.30. The molecule has 1 aliphatic rings. The van der Waals surface area contributed by atoms with Gasteiger partial charge in [-0.2, -0.15) is 4.98 Å². The summed E-state index contributed by atoms with van der Waals surface area (Å²) in [6.07, 6.45) is 0.755. The number of benzene rings is 1. The highest BCUT2D eigenvalue weighted by atomic mass is 35.5. The summed E-state index contributed by atoms with van der Waals surface area (Å²) in [6, 6.07) is 7.11. The zero-order valence-corrected chi connectivity index (χ0v) is 16.3. The summed E-state index contributed by atoms with van der Waals surface area (Å²) in [5.74, 6) is 1.22. The van der Waals surface area contributed by atoms with E-state index in [4.69, 9.17) is 4.52 Å². The third kappa shape index (κ3) is 4.93. The molecule has 0 bridgehead atoms. The van der Waals surface area contributed by atoms with E-state index in [1.54, 1.807) is 0 Å². The van der Waals surface area contributed by atoms with Gasteiger partial charge in [0, 0.05) is 44.3 Å². The summed E-state index contributed by atoms with van der Waals surface area (Å²) in [6.45, 7) is 7.80. The Morgan fingerprint density at radius 2 is 1.81 bits per heavy atom. The molecule has 1 saturated heterocycles. The maximum absolute atomic E-state index is 13.1. The standard InChI is InChI=1S/C18H26FN5O.ClH/c1-13(20-3)12-17-21-18(25-22-17)14(2)23-8-10-24(11-9-23)16-6-4-15(19)5-7-16;/h4-7,13-14,20H,8-12H2,1-3H3;1H. The van der Waals surface area contributed by atoms with Crippen LogP contribution in [0.2, 0.25) is 0 Å². The van der Waals surface area contributed by atoms with E-state index in [2.05, 4.69) is 39.1 Å². The van der Waals surface area contributed by atoms with Gasteiger partial charge in [0.05, 0.1) is 6.04 Å². The Kier molecular flexibility index (Phi) is 7.37. The van der Waals surface area contributed by atoms with E-state index in [1.807, 2.05) is 19.2 Å². The smallest absolute Gasteiger partial charge is 0.243 e. The van der Waals surface area contributed by atoms with Gasteiger partial charge in [-0.1, -0.05) is 5.16 Å². The molecule has 8 heteroatoms. The number of aromatic nitrogens is 2. The average molecular weight is 384 g/mol. The van der Waals surface area contributed by atoms with E-state index in [0.717, 1.165) is 44.1 Å². The minimum absolute atomic E-state index is 0. The molecule has 0 saturated carbocycles. The van der Waals surface area contributed by atoms with Crippen molar-refractivity contribution >= 4 is 18.1 Å². The van der Waals surface area contributed by atoms with Gasteiger partial charge >= 0.3 is 0 Å². The summed E-state index contributed by atoms with van der Waals surface area (Å²) >= 11 is 0. The van der Waals surface area contributed by atoms with E-state index in [1.165, 1.54) is 12.1 Å². The third-order valence-electron chi connectivity index (χ3n) is 4.88. The second-order valence-corrected chi connectivity index (χ2v) is 6.62. The van der Waals surface area contributed by atoms with Crippen LogP contribution in [-0.2, 0) is 6.42 Å². The number of halogens is 2. The molecule has 1 aliphatic heterocycles. The zero-order chi connectivity index (χ0) is 17.8. The van der Waals surface area contributed by atoms with Crippen LogP contribution >= 0.6 is 12.4 Å². The molecule has 3 rings (SSSR count). The van der Waals surface area contributed by atoms with Gasteiger partial charge in [-0.15, -0.1) is 12.4 Å². The van der Waals surface area contributed by atoms with Crippen LogP contribution in [0.3, 0.4) is 0 Å². The Morgan fingerprint density at radius 3 is 2.42 bits per heavy atom. The van der Waals surface area contributed by atoms with E-state index >= 15 is 0 Å². The van der Waals surface area contributed by atoms with E-state index in [-0.39, 0.29) is 24.3 Å². The molecule has 144 valence electrons. The summed E-state index contributed by atoms with van der Waals surface area (Å²) < 4.78 is 18.5. The number of hydrogen-bond acceptors (Lipinski definition) is 6. The molecule has 0 amide bonds. The third-order valence-corrected chi connectivity index (χ3v) is 4.88. The molecule has 0 spiro atoms. The van der Waals surface area contributed by atoms with Crippen molar-refractivity contribution < 1.29 is 8.91 Å². The largest absolute Gasteiger partial charge is 0.369 e. The van der Waals surface area contributed by atoms with Crippen molar-refractivity contribution in [3.05, 3.63) is 41.8 Å². The van der Waals surface area contributed by atoms with Crippen molar-refractivity contribution in [2.45, 2.75) is 32.4 Å². The van der Waals surface area contributed by atoms with Crippen LogP contribution in [0.1, 0.15) is 31.6 Å². The van der Waals surface area contributed by atoms with Gasteiger partial charge in [0.25, 0.3) is 0 Å². The van der Waals surface area contributed by atoms with Crippen molar-refractivity contribution in [2.75, 3.05) is 38.1 Å². The highest BCUT2D eigenvalue weighted by Gasteiger charge is 2.26. The van der Waals surface area contributed by atoms with E-state index in [9.17, 15) is 4.39 Å². The molecule has 2 aromatic rings. The lowest BCUT2D eigenvalue weighted by atomic mass is 10.2. The molecular weight excluding hydrogens is 357 g/mol. The van der Waals surface area contributed by atoms with Gasteiger partial charge in [-0.25, -0.2) is 4.39 Å². The number of rotatable bonds is 6. The molecule has 1 fully saturated rings. The monoisotopic (exact) mass is 383 g/mol. The van der Waals surface area contributed by atoms with Crippen LogP contribution < -0.4 is 10.2 Å². The maximum Gasteiger partial charge on any atom is 0.243 e. The minimum Gasteiger partial charge on any atom is -0.369 e. The molecule has 0 aliphatic carbocycles. The summed E-state index contributed by atoms with van der Waals surface area (Å²) in [4.78, 5) is 9.17. The van der Waals surface area contributed by atoms with Crippen molar-refractivity contribution in [1.82, 2.24) is 20.4 Å². The maximum atomic E-state index is 13.1. The molecule has 1 aromatic carbocycles. The van der Waals surface area contributed by atoms with E-state index < -0.39 is 0 Å². The van der Waals surface area contributed by atoms with Crippen molar-refractivity contribution in [1.29, 1.82) is 0 Å². The van der Waals surface area contributed by atoms with E-state index in [0.29, 0.717) is 11.9 Å². The number of anilines is 1. The highest BCUT2D eigenvalue weighted by Crippen LogP contribution is 2.23. The number of nitrogens with zero attached hydrogens (tertiary/aromatic N) is 4. The van der Waals surface area contributed by atoms with Crippen LogP contribution in [-0.4, -0.2) is 54.3 Å². The molecule has 0 radical (unpaired) electrons. The molecule has 26 heavy (non-hydrogen) atoms. The molecule has 1 aromatic heterocycles. The van der Waals surface area contributed by atoms with Gasteiger partial charge in [-0.05, 0) is 45.2 Å². The Balaban J connectivity index is 0.00000243. The molecule has 2 atom stereocenters. The first-order valence-corrected chi connectivity index (χ1v) is 8.81. The lowest BCUT2D eigenvalue weighted by Crippen LogP contribution is -2.47. The van der Waals surface area contributed by atoms with Gasteiger partial charge in [0.2, 0.25) is 5.89 Å². The van der Waals surface area contributed by atoms with Crippen molar-refractivity contribution in [3.63, 3.8) is 0 Å². The number of likely N-dealkylation sites (N-methyl/N-ethyl adjacent to an activating group) is 1. The van der Waals surface area contributed by atoms with Crippen LogP contribution in [0.15, 0.2) is 28.8 Å². The molecule has 2 unspecified atom stereocenters. The van der Waals surface area contributed by atoms with Crippen molar-refractivity contribution in [3.8, 4) is 0 Å². The second-order valence-electron chi connectivity index (χ2n) is 6.62. The topological polar surface area (TPSA) is 57.4 Å². The van der Waals surface area contributed by atoms with Gasteiger partial charge < -0.3 is 14.7 Å². The fourth-order valence-electron chi connectivity index (χ4n) is 3.07. The molecular formula is C18H27ClFN5O. The normalized spacial score (nSPS) is 17.6. The fourth-order valence-corrected chi connectivity index (χ4v) is 3.07. The quantitative estimate of drug-likeness (QED) is 0.827. The van der Waals surface area contributed by atoms with Gasteiger partial charge in [0.15, 0.2) is 5.82 Å². The van der Waals surface area contributed by atoms with Gasteiger partial charge in [-0.3, -0.25) is 4.90 Å². The highest BCUT2D eigenvalue weighted by molar-refractivity contribution is 5.85. The lowest BCUT2D eigenvalue weighted by molar-refractivity contribution is 0.164. The summed E-state index contributed by atoms with van der Waals surface area (Å²) in [5.41, 5.74) is 1.06. The van der Waals surface area contributed by atoms with Crippen LogP contribution in [0.5, 0.6) is 0 Å². The predicted molar refractivity (Wildman–Crippen MR) is 102 cm³/mol.